The van der Waals surface area contributed by atoms with E-state index in [2.05, 4.69) is 36.4 Å². The highest BCUT2D eigenvalue weighted by atomic mass is 32.1. The van der Waals surface area contributed by atoms with Crippen molar-refractivity contribution in [3.63, 3.8) is 0 Å². The van der Waals surface area contributed by atoms with Gasteiger partial charge in [-0.1, -0.05) is 12.1 Å². The number of carbonyl (C=O) groups excluding carboxylic acids is 2. The smallest absolute Gasteiger partial charge is 0.313 e. The average Bonchev–Trinajstić information content (AvgIpc) is 3.34. The van der Waals surface area contributed by atoms with E-state index >= 15 is 0 Å². The number of nitrogens with one attached hydrogen (secondary N) is 3. The van der Waals surface area contributed by atoms with Crippen LogP contribution in [0.3, 0.4) is 0 Å². The molecule has 0 spiro atoms. The molecule has 3 N–H and O–H groups in total. The van der Waals surface area contributed by atoms with Gasteiger partial charge >= 0.3 is 11.8 Å². The molecule has 4 rings (SSSR count). The second-order valence-corrected chi connectivity index (χ2v) is 6.79. The van der Waals surface area contributed by atoms with Crippen LogP contribution in [0.25, 0.3) is 11.4 Å². The molecule has 11 nitrogen and oxygen atoms in total. The van der Waals surface area contributed by atoms with E-state index in [-0.39, 0.29) is 6.54 Å². The van der Waals surface area contributed by atoms with Crippen LogP contribution in [0.15, 0.2) is 24.3 Å². The Balaban J connectivity index is 1.41. The van der Waals surface area contributed by atoms with Crippen molar-refractivity contribution in [1.82, 2.24) is 40.3 Å². The quantitative estimate of drug-likeness (QED) is 0.425. The van der Waals surface area contributed by atoms with Crippen molar-refractivity contribution in [3.05, 3.63) is 34.9 Å². The monoisotopic (exact) mass is 399 g/mol. The summed E-state index contributed by atoms with van der Waals surface area (Å²) in [6.07, 6.45) is 2.10. The van der Waals surface area contributed by atoms with Crippen molar-refractivity contribution >= 4 is 29.7 Å². The van der Waals surface area contributed by atoms with E-state index in [0.717, 1.165) is 18.4 Å². The van der Waals surface area contributed by atoms with E-state index < -0.39 is 11.8 Å². The van der Waals surface area contributed by atoms with Gasteiger partial charge in [0.05, 0.1) is 12.6 Å². The zero-order valence-electron chi connectivity index (χ0n) is 14.9. The van der Waals surface area contributed by atoms with Gasteiger partial charge in [-0.05, 0) is 47.6 Å². The van der Waals surface area contributed by atoms with Crippen LogP contribution >= 0.6 is 12.2 Å². The predicted octanol–water partition coefficient (Wildman–Crippen LogP) is 0.721. The van der Waals surface area contributed by atoms with Gasteiger partial charge in [0.1, 0.15) is 0 Å². The van der Waals surface area contributed by atoms with Crippen LogP contribution in [0, 0.1) is 4.77 Å². The fraction of sp³-hybridized carbons (Fsp3) is 0.312. The number of nitrogens with zero attached hydrogens (tertiary/aromatic N) is 6. The lowest BCUT2D eigenvalue weighted by Gasteiger charge is -2.08. The summed E-state index contributed by atoms with van der Waals surface area (Å²) >= 11 is 5.00. The zero-order chi connectivity index (χ0) is 19.7. The molecule has 0 aliphatic heterocycles. The number of amides is 2. The first-order valence-electron chi connectivity index (χ1n) is 8.60. The van der Waals surface area contributed by atoms with Gasteiger partial charge in [0.15, 0.2) is 16.4 Å². The summed E-state index contributed by atoms with van der Waals surface area (Å²) in [4.78, 5) is 24.3. The number of rotatable bonds is 5. The molecule has 12 heteroatoms. The number of H-pyrrole nitrogens is 1. The molecule has 0 saturated heterocycles. The summed E-state index contributed by atoms with van der Waals surface area (Å²) in [7, 11) is 1.72. The van der Waals surface area contributed by atoms with E-state index in [9.17, 15) is 9.59 Å². The number of anilines is 1. The third-order valence-corrected chi connectivity index (χ3v) is 4.72. The van der Waals surface area contributed by atoms with Crippen molar-refractivity contribution in [2.24, 2.45) is 7.05 Å². The summed E-state index contributed by atoms with van der Waals surface area (Å²) in [5, 5.41) is 23.5. The molecule has 0 atom stereocenters. The lowest BCUT2D eigenvalue weighted by Crippen LogP contribution is -2.35. The molecule has 28 heavy (non-hydrogen) atoms. The third kappa shape index (κ3) is 3.67. The number of hydrogen-bond donors (Lipinski definition) is 3. The fourth-order valence-corrected chi connectivity index (χ4v) is 2.80. The number of hydrogen-bond acceptors (Lipinski definition) is 7. The summed E-state index contributed by atoms with van der Waals surface area (Å²) in [6.45, 7) is 0.0755. The molecule has 0 unspecified atom stereocenters. The van der Waals surface area contributed by atoms with Crippen LogP contribution in [-0.2, 0) is 23.2 Å². The Kier molecular flexibility index (Phi) is 4.69. The summed E-state index contributed by atoms with van der Waals surface area (Å²) in [5.74, 6) is -0.410. The summed E-state index contributed by atoms with van der Waals surface area (Å²) < 4.78 is 3.82. The number of tetrazole rings is 1. The minimum atomic E-state index is -0.782. The van der Waals surface area contributed by atoms with E-state index in [1.807, 2.05) is 6.07 Å². The second-order valence-electron chi connectivity index (χ2n) is 6.40. The van der Waals surface area contributed by atoms with Crippen LogP contribution in [0.1, 0.15) is 24.7 Å². The highest BCUT2D eigenvalue weighted by molar-refractivity contribution is 7.71. The minimum Gasteiger partial charge on any atom is -0.341 e. The molecular weight excluding hydrogens is 382 g/mol. The van der Waals surface area contributed by atoms with Gasteiger partial charge in [-0.2, -0.15) is 5.10 Å². The maximum atomic E-state index is 12.2. The maximum Gasteiger partial charge on any atom is 0.313 e. The Labute approximate surface area is 164 Å². The van der Waals surface area contributed by atoms with Crippen molar-refractivity contribution < 1.29 is 9.59 Å². The summed E-state index contributed by atoms with van der Waals surface area (Å²) in [5.41, 5.74) is 1.23. The number of benzene rings is 1. The number of aromatic amines is 1. The highest BCUT2D eigenvalue weighted by Gasteiger charge is 2.28. The van der Waals surface area contributed by atoms with Crippen molar-refractivity contribution in [2.45, 2.75) is 25.4 Å². The standard InChI is InChI=1S/C16H17N9O2S/c1-24-12(19-21-16(24)28)8-17-14(26)15(27)18-10-4-2-3-9(7-10)13-20-22-23-25(13)11-5-6-11/h2-4,7,11H,5-6,8H2,1H3,(H,17,26)(H,18,27)(H,21,28). The van der Waals surface area contributed by atoms with Gasteiger partial charge < -0.3 is 15.2 Å². The normalized spacial score (nSPS) is 13.3. The lowest BCUT2D eigenvalue weighted by atomic mass is 10.2. The van der Waals surface area contributed by atoms with E-state index in [1.165, 1.54) is 0 Å². The first-order valence-corrected chi connectivity index (χ1v) is 9.01. The largest absolute Gasteiger partial charge is 0.341 e. The van der Waals surface area contributed by atoms with E-state index in [1.54, 1.807) is 34.5 Å². The molecule has 1 aliphatic rings. The molecule has 0 radical (unpaired) electrons. The van der Waals surface area contributed by atoms with Crippen LogP contribution in [-0.4, -0.2) is 46.8 Å². The topological polar surface area (TPSA) is 135 Å². The lowest BCUT2D eigenvalue weighted by molar-refractivity contribution is -0.136. The fourth-order valence-electron chi connectivity index (χ4n) is 2.65. The molecule has 1 aliphatic carbocycles. The maximum absolute atomic E-state index is 12.2. The van der Waals surface area contributed by atoms with Crippen molar-refractivity contribution in [2.75, 3.05) is 5.32 Å². The van der Waals surface area contributed by atoms with Crippen LogP contribution < -0.4 is 10.6 Å². The Morgan fingerprint density at radius 3 is 2.86 bits per heavy atom. The molecule has 1 aromatic carbocycles. The molecule has 1 fully saturated rings. The molecule has 3 aromatic rings. The first-order chi connectivity index (χ1) is 13.5. The highest BCUT2D eigenvalue weighted by Crippen LogP contribution is 2.36. The Bertz CT molecular complexity index is 1100. The van der Waals surface area contributed by atoms with E-state index in [0.29, 0.717) is 28.1 Å². The molecule has 2 heterocycles. The zero-order valence-corrected chi connectivity index (χ0v) is 15.7. The number of carbonyl (C=O) groups is 2. The summed E-state index contributed by atoms with van der Waals surface area (Å²) in [6, 6.07) is 7.37. The van der Waals surface area contributed by atoms with Gasteiger partial charge in [-0.15, -0.1) is 5.10 Å². The van der Waals surface area contributed by atoms with Gasteiger partial charge in [0.2, 0.25) is 0 Å². The van der Waals surface area contributed by atoms with Gasteiger partial charge in [0, 0.05) is 18.3 Å². The van der Waals surface area contributed by atoms with Crippen LogP contribution in [0.4, 0.5) is 5.69 Å². The Hall–Kier alpha value is -3.41. The van der Waals surface area contributed by atoms with Gasteiger partial charge in [-0.25, -0.2) is 4.68 Å². The second kappa shape index (κ2) is 7.31. The third-order valence-electron chi connectivity index (χ3n) is 4.35. The molecule has 1 saturated carbocycles. The van der Waals surface area contributed by atoms with Gasteiger partial charge in [0.25, 0.3) is 0 Å². The van der Waals surface area contributed by atoms with Gasteiger partial charge in [-0.3, -0.25) is 14.7 Å². The Morgan fingerprint density at radius 2 is 2.14 bits per heavy atom. The van der Waals surface area contributed by atoms with Crippen molar-refractivity contribution in [3.8, 4) is 11.4 Å². The average molecular weight is 399 g/mol. The SMILES string of the molecule is Cn1c(CNC(=O)C(=O)Nc2cccc(-c3nnnn3C3CC3)c2)n[nH]c1=S. The molecule has 0 bridgehead atoms. The van der Waals surface area contributed by atoms with Crippen molar-refractivity contribution in [1.29, 1.82) is 0 Å². The molecule has 2 aromatic heterocycles. The first kappa shape index (κ1) is 18.0. The molecule has 2 amide bonds. The number of aromatic nitrogens is 7. The molecule has 144 valence electrons. The minimum absolute atomic E-state index is 0.0755. The van der Waals surface area contributed by atoms with Crippen LogP contribution in [0.2, 0.25) is 0 Å². The Morgan fingerprint density at radius 1 is 1.32 bits per heavy atom. The molecular formula is C16H17N9O2S. The van der Waals surface area contributed by atoms with Crippen LogP contribution in [0.5, 0.6) is 0 Å². The van der Waals surface area contributed by atoms with E-state index in [4.69, 9.17) is 12.2 Å². The predicted molar refractivity (Wildman–Crippen MR) is 100 cm³/mol.